The molecule has 3 heterocycles. The second-order valence-corrected chi connectivity index (χ2v) is 9.44. The summed E-state index contributed by atoms with van der Waals surface area (Å²) in [5.41, 5.74) is 1.02. The van der Waals surface area contributed by atoms with E-state index in [9.17, 15) is 14.7 Å². The normalized spacial score (nSPS) is 15.5. The number of rotatable bonds is 9. The Balaban J connectivity index is 1.67. The van der Waals surface area contributed by atoms with Crippen LogP contribution < -0.4 is 14.4 Å². The molecule has 0 fully saturated rings. The number of amides is 1. The first-order chi connectivity index (χ1) is 17.9. The van der Waals surface area contributed by atoms with E-state index < -0.39 is 23.5 Å². The van der Waals surface area contributed by atoms with E-state index in [1.54, 1.807) is 48.5 Å². The minimum absolute atomic E-state index is 0.00625. The van der Waals surface area contributed by atoms with Crippen LogP contribution >= 0.6 is 22.9 Å². The van der Waals surface area contributed by atoms with Crippen molar-refractivity contribution in [3.05, 3.63) is 95.1 Å². The Kier molecular flexibility index (Phi) is 6.73. The molecule has 0 radical (unpaired) electrons. The van der Waals surface area contributed by atoms with E-state index >= 15 is 0 Å². The fourth-order valence-corrected chi connectivity index (χ4v) is 5.38. The number of furan rings is 1. The lowest BCUT2D eigenvalue weighted by atomic mass is 9.95. The van der Waals surface area contributed by atoms with Crippen LogP contribution in [-0.4, -0.2) is 35.0 Å². The number of anilines is 1. The lowest BCUT2D eigenvalue weighted by molar-refractivity contribution is -0.117. The molecule has 188 valence electrons. The van der Waals surface area contributed by atoms with Crippen molar-refractivity contribution in [1.29, 1.82) is 0 Å². The summed E-state index contributed by atoms with van der Waals surface area (Å²) >= 11 is 7.37. The zero-order valence-electron chi connectivity index (χ0n) is 19.6. The van der Waals surface area contributed by atoms with Gasteiger partial charge in [-0.2, -0.15) is 0 Å². The molecule has 1 aliphatic rings. The van der Waals surface area contributed by atoms with Crippen molar-refractivity contribution in [3.8, 4) is 11.5 Å². The van der Waals surface area contributed by atoms with Gasteiger partial charge in [-0.1, -0.05) is 41.7 Å². The van der Waals surface area contributed by atoms with E-state index in [1.807, 2.05) is 6.92 Å². The molecule has 37 heavy (non-hydrogen) atoms. The molecule has 2 aromatic heterocycles. The summed E-state index contributed by atoms with van der Waals surface area (Å²) in [5, 5.41) is 11.8. The van der Waals surface area contributed by atoms with E-state index in [4.69, 9.17) is 25.5 Å². The van der Waals surface area contributed by atoms with Gasteiger partial charge in [-0.05, 0) is 55.0 Å². The van der Waals surface area contributed by atoms with E-state index in [2.05, 4.69) is 11.6 Å². The van der Waals surface area contributed by atoms with Crippen LogP contribution in [0.5, 0.6) is 11.5 Å². The van der Waals surface area contributed by atoms with Crippen LogP contribution in [0.15, 0.2) is 83.2 Å². The zero-order chi connectivity index (χ0) is 26.1. The van der Waals surface area contributed by atoms with Gasteiger partial charge in [0.05, 0.1) is 34.7 Å². The van der Waals surface area contributed by atoms with Gasteiger partial charge < -0.3 is 19.0 Å². The Morgan fingerprint density at radius 1 is 1.24 bits per heavy atom. The molecule has 0 spiro atoms. The molecular formula is C27H21ClN2O6S. The summed E-state index contributed by atoms with van der Waals surface area (Å²) in [6, 6.07) is 12.3. The average molecular weight is 537 g/mol. The first kappa shape index (κ1) is 24.6. The summed E-state index contributed by atoms with van der Waals surface area (Å²) in [7, 11) is 0. The van der Waals surface area contributed by atoms with Crippen LogP contribution in [0.1, 0.15) is 29.1 Å². The van der Waals surface area contributed by atoms with Crippen LogP contribution in [-0.2, 0) is 4.79 Å². The average Bonchev–Trinajstić information content (AvgIpc) is 3.62. The fraction of sp³-hybridized carbons (Fsp3) is 0.148. The SMILES string of the molecule is C=CCOc1ccc(C2C(C(=O)c3ccco3)=C(O)C(=O)N2c2nc3ccc(Cl)cc3s2)cc1OCC. The number of carbonyl (C=O) groups excluding carboxylic acids is 2. The van der Waals surface area contributed by atoms with E-state index in [1.165, 1.54) is 28.6 Å². The van der Waals surface area contributed by atoms with E-state index in [-0.39, 0.29) is 17.9 Å². The predicted molar refractivity (Wildman–Crippen MR) is 141 cm³/mol. The molecule has 2 aromatic carbocycles. The Morgan fingerprint density at radius 3 is 2.81 bits per heavy atom. The third kappa shape index (κ3) is 4.47. The number of hydrogen-bond acceptors (Lipinski definition) is 8. The van der Waals surface area contributed by atoms with Gasteiger partial charge in [0.2, 0.25) is 5.78 Å². The number of ether oxygens (including phenoxy) is 2. The molecule has 1 atom stereocenters. The molecular weight excluding hydrogens is 516 g/mol. The van der Waals surface area contributed by atoms with Gasteiger partial charge in [0.15, 0.2) is 28.1 Å². The lowest BCUT2D eigenvalue weighted by Gasteiger charge is -2.25. The van der Waals surface area contributed by atoms with Gasteiger partial charge in [0.25, 0.3) is 5.91 Å². The number of halogens is 1. The number of fused-ring (bicyclic) bond motifs is 1. The molecule has 1 aliphatic heterocycles. The van der Waals surface area contributed by atoms with Gasteiger partial charge in [0.1, 0.15) is 6.61 Å². The number of benzene rings is 2. The maximum Gasteiger partial charge on any atom is 0.296 e. The van der Waals surface area contributed by atoms with Crippen molar-refractivity contribution < 1.29 is 28.6 Å². The highest BCUT2D eigenvalue weighted by atomic mass is 35.5. The molecule has 0 saturated heterocycles. The number of carbonyl (C=O) groups is 2. The van der Waals surface area contributed by atoms with Gasteiger partial charge in [-0.3, -0.25) is 14.5 Å². The number of aromatic nitrogens is 1. The summed E-state index contributed by atoms with van der Waals surface area (Å²) in [4.78, 5) is 32.8. The molecule has 0 bridgehead atoms. The first-order valence-corrected chi connectivity index (χ1v) is 12.5. The highest BCUT2D eigenvalue weighted by Gasteiger charge is 2.46. The van der Waals surface area contributed by atoms with Crippen molar-refractivity contribution in [2.75, 3.05) is 18.1 Å². The minimum Gasteiger partial charge on any atom is -0.503 e. The minimum atomic E-state index is -1.01. The van der Waals surface area contributed by atoms with Crippen molar-refractivity contribution in [1.82, 2.24) is 4.98 Å². The Hall–Kier alpha value is -4.08. The van der Waals surface area contributed by atoms with Crippen molar-refractivity contribution in [2.24, 2.45) is 0 Å². The Labute approximate surface area is 221 Å². The Morgan fingerprint density at radius 2 is 2.08 bits per heavy atom. The molecule has 0 aliphatic carbocycles. The Bertz CT molecular complexity index is 1540. The second kappa shape index (κ2) is 10.1. The van der Waals surface area contributed by atoms with Crippen LogP contribution in [0.4, 0.5) is 5.13 Å². The largest absolute Gasteiger partial charge is 0.503 e. The number of aliphatic hydroxyl groups excluding tert-OH is 1. The van der Waals surface area contributed by atoms with Gasteiger partial charge in [-0.15, -0.1) is 0 Å². The molecule has 1 amide bonds. The predicted octanol–water partition coefficient (Wildman–Crippen LogP) is 6.29. The first-order valence-electron chi connectivity index (χ1n) is 11.3. The third-order valence-electron chi connectivity index (χ3n) is 5.68. The smallest absolute Gasteiger partial charge is 0.296 e. The monoisotopic (exact) mass is 536 g/mol. The number of aliphatic hydroxyl groups is 1. The molecule has 10 heteroatoms. The summed E-state index contributed by atoms with van der Waals surface area (Å²) < 4.78 is 17.5. The van der Waals surface area contributed by atoms with Crippen molar-refractivity contribution >= 4 is 50.0 Å². The quantitative estimate of drug-likeness (QED) is 0.198. The summed E-state index contributed by atoms with van der Waals surface area (Å²) in [6.45, 7) is 6.13. The number of ketones is 1. The van der Waals surface area contributed by atoms with Gasteiger partial charge >= 0.3 is 0 Å². The van der Waals surface area contributed by atoms with Crippen molar-refractivity contribution in [2.45, 2.75) is 13.0 Å². The van der Waals surface area contributed by atoms with Crippen LogP contribution in [0.3, 0.4) is 0 Å². The van der Waals surface area contributed by atoms with Gasteiger partial charge in [-0.25, -0.2) is 4.98 Å². The van der Waals surface area contributed by atoms with Gasteiger partial charge in [0, 0.05) is 5.02 Å². The number of Topliss-reactive ketones (excluding diaryl/α,β-unsaturated/α-hetero) is 1. The maximum atomic E-state index is 13.5. The molecule has 5 rings (SSSR count). The van der Waals surface area contributed by atoms with Crippen LogP contribution in [0.2, 0.25) is 5.02 Å². The standard InChI is InChI=1S/C27H21ClN2O6S/c1-3-11-35-18-10-7-15(13-20(18)34-4-2)23-22(24(31)19-6-5-12-36-19)25(32)26(33)30(23)27-29-17-9-8-16(28)14-21(17)37-27/h3,5-10,12-14,23,32H,1,4,11H2,2H3. The van der Waals surface area contributed by atoms with Crippen molar-refractivity contribution in [3.63, 3.8) is 0 Å². The number of hydrogen-bond donors (Lipinski definition) is 1. The molecule has 4 aromatic rings. The number of nitrogens with zero attached hydrogens (tertiary/aromatic N) is 2. The molecule has 1 unspecified atom stereocenters. The van der Waals surface area contributed by atoms with Crippen LogP contribution in [0, 0.1) is 0 Å². The fourth-order valence-electron chi connectivity index (χ4n) is 4.11. The van der Waals surface area contributed by atoms with E-state index in [0.29, 0.717) is 39.3 Å². The molecule has 1 N–H and O–H groups in total. The topological polar surface area (TPSA) is 102 Å². The van der Waals surface area contributed by atoms with E-state index in [0.717, 1.165) is 4.70 Å². The summed E-state index contributed by atoms with van der Waals surface area (Å²) in [6.07, 6.45) is 2.96. The maximum absolute atomic E-state index is 13.5. The number of thiazole rings is 1. The third-order valence-corrected chi connectivity index (χ3v) is 6.94. The second-order valence-electron chi connectivity index (χ2n) is 7.99. The highest BCUT2D eigenvalue weighted by molar-refractivity contribution is 7.22. The zero-order valence-corrected chi connectivity index (χ0v) is 21.2. The lowest BCUT2D eigenvalue weighted by Crippen LogP contribution is -2.31. The summed E-state index contributed by atoms with van der Waals surface area (Å²) in [5.74, 6) is -1.15. The molecule has 0 saturated carbocycles. The highest BCUT2D eigenvalue weighted by Crippen LogP contribution is 2.46. The van der Waals surface area contributed by atoms with Crippen LogP contribution in [0.25, 0.3) is 10.2 Å². The molecule has 8 nitrogen and oxygen atoms in total.